The lowest BCUT2D eigenvalue weighted by Crippen LogP contribution is -2.36. The van der Waals surface area contributed by atoms with Gasteiger partial charge in [0.1, 0.15) is 17.8 Å². The summed E-state index contributed by atoms with van der Waals surface area (Å²) in [6.45, 7) is 0.769. The van der Waals surface area contributed by atoms with Crippen molar-refractivity contribution in [3.8, 4) is 0 Å². The molecule has 1 fully saturated rings. The average Bonchev–Trinajstić information content (AvgIpc) is 2.64. The fourth-order valence-electron chi connectivity index (χ4n) is 3.06. The number of amides is 1. The minimum Gasteiger partial charge on any atom is -0.370 e. The number of carbonyl (C=O) groups excluding carboxylic acids is 1. The summed E-state index contributed by atoms with van der Waals surface area (Å²) in [5.41, 5.74) is 1.70. The highest BCUT2D eigenvalue weighted by Gasteiger charge is 2.17. The third-order valence-electron chi connectivity index (χ3n) is 4.40. The number of nitrogens with one attached hydrogen (secondary N) is 2. The molecule has 1 aromatic heterocycles. The van der Waals surface area contributed by atoms with Crippen LogP contribution in [-0.2, 0) is 6.42 Å². The van der Waals surface area contributed by atoms with E-state index in [-0.39, 0.29) is 11.9 Å². The minimum atomic E-state index is -0.101. The van der Waals surface area contributed by atoms with E-state index < -0.39 is 0 Å². The van der Waals surface area contributed by atoms with Crippen molar-refractivity contribution in [2.24, 2.45) is 0 Å². The first kappa shape index (κ1) is 16.4. The third-order valence-corrected chi connectivity index (χ3v) is 4.40. The van der Waals surface area contributed by atoms with Crippen LogP contribution in [0.3, 0.4) is 0 Å². The molecule has 1 heterocycles. The molecule has 1 aliphatic rings. The van der Waals surface area contributed by atoms with Gasteiger partial charge in [-0.3, -0.25) is 4.79 Å². The van der Waals surface area contributed by atoms with Crippen LogP contribution in [0.1, 0.15) is 48.2 Å². The van der Waals surface area contributed by atoms with Gasteiger partial charge >= 0.3 is 0 Å². The second-order valence-electron chi connectivity index (χ2n) is 6.26. The molecule has 3 rings (SSSR count). The molecule has 2 N–H and O–H groups in total. The Balaban J connectivity index is 1.52. The zero-order chi connectivity index (χ0) is 16.6. The molecule has 2 aromatic rings. The Bertz CT molecular complexity index is 653. The van der Waals surface area contributed by atoms with Crippen molar-refractivity contribution < 1.29 is 4.79 Å². The third kappa shape index (κ3) is 4.78. The molecule has 1 aliphatic carbocycles. The summed E-state index contributed by atoms with van der Waals surface area (Å²) in [6.07, 6.45) is 8.16. The normalized spacial score (nSPS) is 15.0. The van der Waals surface area contributed by atoms with E-state index in [1.807, 2.05) is 18.2 Å². The second kappa shape index (κ2) is 8.43. The van der Waals surface area contributed by atoms with Gasteiger partial charge in [0.25, 0.3) is 5.91 Å². The molecule has 0 aliphatic heterocycles. The zero-order valence-corrected chi connectivity index (χ0v) is 13.9. The van der Waals surface area contributed by atoms with Gasteiger partial charge in [-0.15, -0.1) is 0 Å². The fraction of sp³-hybridized carbons (Fsp3) is 0.421. The number of benzene rings is 1. The van der Waals surface area contributed by atoms with E-state index in [0.29, 0.717) is 11.5 Å². The zero-order valence-electron chi connectivity index (χ0n) is 13.9. The van der Waals surface area contributed by atoms with Crippen molar-refractivity contribution in [3.05, 3.63) is 54.0 Å². The van der Waals surface area contributed by atoms with E-state index in [4.69, 9.17) is 0 Å². The fourth-order valence-corrected chi connectivity index (χ4v) is 3.06. The Hall–Kier alpha value is -2.43. The molecule has 0 radical (unpaired) electrons. The number of hydrogen-bond acceptors (Lipinski definition) is 4. The van der Waals surface area contributed by atoms with Crippen LogP contribution in [-0.4, -0.2) is 28.5 Å². The average molecular weight is 324 g/mol. The van der Waals surface area contributed by atoms with Crippen molar-refractivity contribution in [2.75, 3.05) is 11.9 Å². The number of carbonyl (C=O) groups is 1. The van der Waals surface area contributed by atoms with Crippen LogP contribution in [0.2, 0.25) is 0 Å². The summed E-state index contributed by atoms with van der Waals surface area (Å²) in [4.78, 5) is 20.6. The van der Waals surface area contributed by atoms with E-state index in [1.54, 1.807) is 6.07 Å². The largest absolute Gasteiger partial charge is 0.370 e. The first-order valence-corrected chi connectivity index (χ1v) is 8.72. The van der Waals surface area contributed by atoms with Gasteiger partial charge in [0.15, 0.2) is 0 Å². The van der Waals surface area contributed by atoms with Crippen LogP contribution < -0.4 is 10.6 Å². The lowest BCUT2D eigenvalue weighted by molar-refractivity contribution is 0.0922. The monoisotopic (exact) mass is 324 g/mol. The van der Waals surface area contributed by atoms with Gasteiger partial charge in [0, 0.05) is 18.7 Å². The standard InChI is InChI=1S/C19H24N4O/c24-19(23-16-9-5-2-6-10-16)17-13-18(22-14-21-17)20-12-11-15-7-3-1-4-8-15/h1,3-4,7-8,13-14,16H,2,5-6,9-12H2,(H,23,24)(H,20,21,22). The van der Waals surface area contributed by atoms with Crippen LogP contribution in [0.4, 0.5) is 5.82 Å². The lowest BCUT2D eigenvalue weighted by Gasteiger charge is -2.22. The van der Waals surface area contributed by atoms with E-state index in [2.05, 4.69) is 32.7 Å². The van der Waals surface area contributed by atoms with Crippen LogP contribution in [0.5, 0.6) is 0 Å². The topological polar surface area (TPSA) is 66.9 Å². The maximum atomic E-state index is 12.3. The van der Waals surface area contributed by atoms with Crippen molar-refractivity contribution in [1.29, 1.82) is 0 Å². The van der Waals surface area contributed by atoms with Crippen molar-refractivity contribution >= 4 is 11.7 Å². The summed E-state index contributed by atoms with van der Waals surface area (Å²) in [7, 11) is 0. The van der Waals surface area contributed by atoms with E-state index in [0.717, 1.165) is 25.8 Å². The molecular weight excluding hydrogens is 300 g/mol. The van der Waals surface area contributed by atoms with Crippen LogP contribution in [0, 0.1) is 0 Å². The Morgan fingerprint density at radius 3 is 2.67 bits per heavy atom. The maximum Gasteiger partial charge on any atom is 0.270 e. The van der Waals surface area contributed by atoms with Crippen LogP contribution in [0.15, 0.2) is 42.7 Å². The Morgan fingerprint density at radius 2 is 1.88 bits per heavy atom. The number of anilines is 1. The highest BCUT2D eigenvalue weighted by atomic mass is 16.1. The predicted molar refractivity (Wildman–Crippen MR) is 95.0 cm³/mol. The molecule has 0 atom stereocenters. The van der Waals surface area contributed by atoms with Gasteiger partial charge in [-0.1, -0.05) is 49.6 Å². The first-order valence-electron chi connectivity index (χ1n) is 8.72. The molecule has 0 spiro atoms. The molecule has 0 unspecified atom stereocenters. The summed E-state index contributed by atoms with van der Waals surface area (Å²) in [6, 6.07) is 12.3. The molecule has 0 saturated heterocycles. The molecule has 126 valence electrons. The lowest BCUT2D eigenvalue weighted by atomic mass is 9.95. The van der Waals surface area contributed by atoms with E-state index in [9.17, 15) is 4.79 Å². The van der Waals surface area contributed by atoms with Gasteiger partial charge < -0.3 is 10.6 Å². The molecule has 1 saturated carbocycles. The highest BCUT2D eigenvalue weighted by Crippen LogP contribution is 2.17. The predicted octanol–water partition coefficient (Wildman–Crippen LogP) is 3.19. The van der Waals surface area contributed by atoms with Crippen molar-refractivity contribution in [1.82, 2.24) is 15.3 Å². The van der Waals surface area contributed by atoms with Gasteiger partial charge in [-0.2, -0.15) is 0 Å². The Labute approximate surface area is 142 Å². The quantitative estimate of drug-likeness (QED) is 0.856. The molecule has 24 heavy (non-hydrogen) atoms. The van der Waals surface area contributed by atoms with Crippen LogP contribution >= 0.6 is 0 Å². The summed E-state index contributed by atoms with van der Waals surface area (Å²) >= 11 is 0. The summed E-state index contributed by atoms with van der Waals surface area (Å²) in [5.74, 6) is 0.588. The van der Waals surface area contributed by atoms with Crippen molar-refractivity contribution in [2.45, 2.75) is 44.6 Å². The Kier molecular flexibility index (Phi) is 5.77. The molecule has 0 bridgehead atoms. The SMILES string of the molecule is O=C(NC1CCCCC1)c1cc(NCCc2ccccc2)ncn1. The summed E-state index contributed by atoms with van der Waals surface area (Å²) in [5, 5.41) is 6.35. The molecule has 5 heteroatoms. The van der Waals surface area contributed by atoms with E-state index >= 15 is 0 Å². The molecule has 5 nitrogen and oxygen atoms in total. The molecule has 1 amide bonds. The van der Waals surface area contributed by atoms with Gasteiger partial charge in [0.2, 0.25) is 0 Å². The summed E-state index contributed by atoms with van der Waals surface area (Å²) < 4.78 is 0. The number of aromatic nitrogens is 2. The number of rotatable bonds is 6. The minimum absolute atomic E-state index is 0.101. The van der Waals surface area contributed by atoms with Crippen LogP contribution in [0.25, 0.3) is 0 Å². The highest BCUT2D eigenvalue weighted by molar-refractivity contribution is 5.93. The second-order valence-corrected chi connectivity index (χ2v) is 6.26. The van der Waals surface area contributed by atoms with Gasteiger partial charge in [-0.25, -0.2) is 9.97 Å². The first-order chi connectivity index (χ1) is 11.8. The number of hydrogen-bond donors (Lipinski definition) is 2. The molecular formula is C19H24N4O. The Morgan fingerprint density at radius 1 is 1.08 bits per heavy atom. The smallest absolute Gasteiger partial charge is 0.270 e. The van der Waals surface area contributed by atoms with Crippen molar-refractivity contribution in [3.63, 3.8) is 0 Å². The van der Waals surface area contributed by atoms with E-state index in [1.165, 1.54) is 31.2 Å². The van der Waals surface area contributed by atoms with Gasteiger partial charge in [0.05, 0.1) is 0 Å². The van der Waals surface area contributed by atoms with Gasteiger partial charge in [-0.05, 0) is 24.8 Å². The number of nitrogens with zero attached hydrogens (tertiary/aromatic N) is 2. The maximum absolute atomic E-state index is 12.3. The molecule has 1 aromatic carbocycles.